The zero-order valence-electron chi connectivity index (χ0n) is 9.59. The molecule has 1 heterocycles. The van der Waals surface area contributed by atoms with E-state index < -0.39 is 0 Å². The largest absolute Gasteiger partial charge is 0.291 e. The zero-order chi connectivity index (χ0) is 10.5. The maximum atomic E-state index is 3.20. The highest BCUT2D eigenvalue weighted by Gasteiger charge is 2.42. The van der Waals surface area contributed by atoms with Crippen molar-refractivity contribution in [1.29, 1.82) is 0 Å². The summed E-state index contributed by atoms with van der Waals surface area (Å²) in [5, 5.41) is 0. The molecule has 1 heteroatoms. The Balaban J connectivity index is 2.03. The average molecular weight is 200 g/mol. The van der Waals surface area contributed by atoms with E-state index in [2.05, 4.69) is 43.0 Å². The lowest BCUT2D eigenvalue weighted by molar-refractivity contribution is 0.0976. The second-order valence-electron chi connectivity index (χ2n) is 5.32. The smallest absolute Gasteiger partial charge is 0.0410 e. The fourth-order valence-electron chi connectivity index (χ4n) is 2.97. The first-order valence-electron chi connectivity index (χ1n) is 5.96. The molecule has 1 aromatic rings. The third-order valence-electron chi connectivity index (χ3n) is 3.94. The van der Waals surface area contributed by atoms with Gasteiger partial charge < -0.3 is 0 Å². The molecule has 0 saturated heterocycles. The molecule has 0 aromatic heterocycles. The third-order valence-corrected chi connectivity index (χ3v) is 3.94. The Morgan fingerprint density at radius 2 is 2.20 bits per heavy atom. The van der Waals surface area contributed by atoms with Gasteiger partial charge in [-0.1, -0.05) is 18.2 Å². The van der Waals surface area contributed by atoms with Crippen LogP contribution in [0.2, 0.25) is 0 Å². The van der Waals surface area contributed by atoms with Crippen LogP contribution < -0.4 is 0 Å². The Kier molecular flexibility index (Phi) is 1.93. The van der Waals surface area contributed by atoms with E-state index in [1.165, 1.54) is 36.9 Å². The van der Waals surface area contributed by atoms with Crippen LogP contribution in [-0.2, 0) is 12.0 Å². The van der Waals surface area contributed by atoms with Gasteiger partial charge in [0.25, 0.3) is 0 Å². The monoisotopic (exact) mass is 200 g/mol. The van der Waals surface area contributed by atoms with Crippen LogP contribution in [-0.4, -0.2) is 17.5 Å². The predicted molar refractivity (Wildman–Crippen MR) is 61.7 cm³/mol. The Morgan fingerprint density at radius 3 is 2.93 bits per heavy atom. The van der Waals surface area contributed by atoms with Crippen molar-refractivity contribution in [3.05, 3.63) is 35.4 Å². The molecular weight excluding hydrogens is 182 g/mol. The summed E-state index contributed by atoms with van der Waals surface area (Å²) in [6, 6.07) is 10.5. The molecule has 1 saturated carbocycles. The van der Waals surface area contributed by atoms with E-state index in [0.29, 0.717) is 0 Å². The highest BCUT2D eigenvalue weighted by Crippen LogP contribution is 2.41. The lowest BCUT2D eigenvalue weighted by Crippen LogP contribution is -2.47. The fourth-order valence-corrected chi connectivity index (χ4v) is 2.97. The van der Waals surface area contributed by atoms with E-state index in [4.69, 9.17) is 0 Å². The minimum absolute atomic E-state index is 0.226. The van der Waals surface area contributed by atoms with Crippen LogP contribution in [0.1, 0.15) is 37.8 Å². The molecule has 1 radical (unpaired) electrons. The molecule has 1 aliphatic heterocycles. The standard InChI is InChI=1S/C14H18N/c1-14(2)13-6-4-3-5-11(13)9-10-15(14)12-7-8-12/h4-6,12H,7-10H2,1-2H3. The van der Waals surface area contributed by atoms with Gasteiger partial charge in [0.15, 0.2) is 0 Å². The number of rotatable bonds is 1. The molecule has 0 bridgehead atoms. The Hall–Kier alpha value is -0.820. The highest BCUT2D eigenvalue weighted by atomic mass is 15.2. The maximum Gasteiger partial charge on any atom is 0.0410 e. The van der Waals surface area contributed by atoms with Crippen molar-refractivity contribution in [2.75, 3.05) is 6.54 Å². The number of hydrogen-bond acceptors (Lipinski definition) is 1. The van der Waals surface area contributed by atoms with Crippen molar-refractivity contribution in [3.63, 3.8) is 0 Å². The minimum Gasteiger partial charge on any atom is -0.291 e. The summed E-state index contributed by atoms with van der Waals surface area (Å²) < 4.78 is 0. The van der Waals surface area contributed by atoms with Crippen LogP contribution in [0.4, 0.5) is 0 Å². The summed E-state index contributed by atoms with van der Waals surface area (Å²) in [4.78, 5) is 2.69. The molecule has 79 valence electrons. The van der Waals surface area contributed by atoms with Crippen molar-refractivity contribution in [3.8, 4) is 0 Å². The topological polar surface area (TPSA) is 3.24 Å². The van der Waals surface area contributed by atoms with Gasteiger partial charge in [0, 0.05) is 18.1 Å². The Labute approximate surface area is 92.1 Å². The van der Waals surface area contributed by atoms with Gasteiger partial charge in [-0.3, -0.25) is 4.90 Å². The van der Waals surface area contributed by atoms with E-state index >= 15 is 0 Å². The van der Waals surface area contributed by atoms with Crippen LogP contribution in [0.3, 0.4) is 0 Å². The van der Waals surface area contributed by atoms with Crippen molar-refractivity contribution in [2.24, 2.45) is 0 Å². The lowest BCUT2D eigenvalue weighted by Gasteiger charge is -2.44. The molecule has 0 spiro atoms. The van der Waals surface area contributed by atoms with Gasteiger partial charge in [-0.05, 0) is 50.3 Å². The van der Waals surface area contributed by atoms with Gasteiger partial charge in [-0.2, -0.15) is 0 Å². The Bertz CT molecular complexity index is 377. The van der Waals surface area contributed by atoms with Crippen molar-refractivity contribution < 1.29 is 0 Å². The summed E-state index contributed by atoms with van der Waals surface area (Å²) in [5.41, 5.74) is 3.24. The second-order valence-corrected chi connectivity index (χ2v) is 5.32. The molecule has 0 amide bonds. The predicted octanol–water partition coefficient (Wildman–Crippen LogP) is 2.74. The van der Waals surface area contributed by atoms with Gasteiger partial charge in [-0.25, -0.2) is 0 Å². The normalized spacial score (nSPS) is 24.9. The van der Waals surface area contributed by atoms with E-state index in [9.17, 15) is 0 Å². The van der Waals surface area contributed by atoms with E-state index in [1.807, 2.05) is 0 Å². The molecule has 1 fully saturated rings. The van der Waals surface area contributed by atoms with E-state index in [-0.39, 0.29) is 5.54 Å². The van der Waals surface area contributed by atoms with Gasteiger partial charge in [-0.15, -0.1) is 0 Å². The first kappa shape index (κ1) is 9.41. The molecule has 0 unspecified atom stereocenters. The molecular formula is C14H18N. The number of benzene rings is 1. The minimum atomic E-state index is 0.226. The van der Waals surface area contributed by atoms with Crippen LogP contribution in [0, 0.1) is 6.07 Å². The SMILES string of the molecule is CC1(C)c2cc[c]cc2CCN1C1CC1. The lowest BCUT2D eigenvalue weighted by atomic mass is 9.83. The van der Waals surface area contributed by atoms with Crippen LogP contribution in [0.25, 0.3) is 0 Å². The second kappa shape index (κ2) is 3.08. The van der Waals surface area contributed by atoms with Gasteiger partial charge in [0.2, 0.25) is 0 Å². The van der Waals surface area contributed by atoms with Gasteiger partial charge in [0.05, 0.1) is 0 Å². The third kappa shape index (κ3) is 1.41. The van der Waals surface area contributed by atoms with E-state index in [0.717, 1.165) is 6.04 Å². The molecule has 2 aliphatic rings. The molecule has 0 atom stereocenters. The number of hydrogen-bond donors (Lipinski definition) is 0. The summed E-state index contributed by atoms with van der Waals surface area (Å²) >= 11 is 0. The Morgan fingerprint density at radius 1 is 1.40 bits per heavy atom. The first-order valence-corrected chi connectivity index (χ1v) is 5.96. The zero-order valence-corrected chi connectivity index (χ0v) is 9.59. The molecule has 1 aromatic carbocycles. The summed E-state index contributed by atoms with van der Waals surface area (Å²) in [6.45, 7) is 5.95. The van der Waals surface area contributed by atoms with Crippen molar-refractivity contribution >= 4 is 0 Å². The molecule has 0 N–H and O–H groups in total. The quantitative estimate of drug-likeness (QED) is 0.673. The van der Waals surface area contributed by atoms with Crippen molar-refractivity contribution in [1.82, 2.24) is 4.90 Å². The fraction of sp³-hybridized carbons (Fsp3) is 0.571. The van der Waals surface area contributed by atoms with Gasteiger partial charge >= 0.3 is 0 Å². The van der Waals surface area contributed by atoms with Crippen molar-refractivity contribution in [2.45, 2.75) is 44.7 Å². The first-order chi connectivity index (χ1) is 7.19. The molecule has 3 rings (SSSR count). The number of fused-ring (bicyclic) bond motifs is 1. The van der Waals surface area contributed by atoms with Crippen LogP contribution in [0.5, 0.6) is 0 Å². The maximum absolute atomic E-state index is 3.20. The average Bonchev–Trinajstić information content (AvgIpc) is 3.02. The highest BCUT2D eigenvalue weighted by molar-refractivity contribution is 5.35. The van der Waals surface area contributed by atoms with E-state index in [1.54, 1.807) is 0 Å². The van der Waals surface area contributed by atoms with Crippen LogP contribution in [0.15, 0.2) is 18.2 Å². The molecule has 1 nitrogen and oxygen atoms in total. The summed E-state index contributed by atoms with van der Waals surface area (Å²) in [7, 11) is 0. The van der Waals surface area contributed by atoms with Crippen LogP contribution >= 0.6 is 0 Å². The summed E-state index contributed by atoms with van der Waals surface area (Å²) in [6.07, 6.45) is 4.00. The van der Waals surface area contributed by atoms with Gasteiger partial charge in [0.1, 0.15) is 0 Å². The number of nitrogens with zero attached hydrogens (tertiary/aromatic N) is 1. The molecule has 1 aliphatic carbocycles. The molecule has 15 heavy (non-hydrogen) atoms. The summed E-state index contributed by atoms with van der Waals surface area (Å²) in [5.74, 6) is 0.